The number of amides is 2. The van der Waals surface area contributed by atoms with Crippen LogP contribution >= 0.6 is 0 Å². The van der Waals surface area contributed by atoms with Gasteiger partial charge in [-0.25, -0.2) is 9.50 Å². The van der Waals surface area contributed by atoms with E-state index in [0.29, 0.717) is 38.0 Å². The Morgan fingerprint density at radius 2 is 1.78 bits per heavy atom. The molecule has 0 saturated carbocycles. The summed E-state index contributed by atoms with van der Waals surface area (Å²) in [5.41, 5.74) is 4.27. The fourth-order valence-corrected chi connectivity index (χ4v) is 4.96. The Hall–Kier alpha value is -4.86. The highest BCUT2D eigenvalue weighted by Gasteiger charge is 2.24. The van der Waals surface area contributed by atoms with E-state index in [1.165, 1.54) is 4.52 Å². The molecule has 10 nitrogen and oxygen atoms in total. The third kappa shape index (κ3) is 6.84. The number of nitrogens with one attached hydrogen (secondary N) is 3. The van der Waals surface area contributed by atoms with E-state index in [0.717, 1.165) is 40.6 Å². The van der Waals surface area contributed by atoms with E-state index >= 15 is 0 Å². The second-order valence-corrected chi connectivity index (χ2v) is 10.1. The number of rotatable bonds is 13. The maximum atomic E-state index is 13.4. The summed E-state index contributed by atoms with van der Waals surface area (Å²) in [5.74, 6) is -0.415. The molecule has 5 aromatic rings. The Kier molecular flexibility index (Phi) is 8.78. The van der Waals surface area contributed by atoms with Crippen LogP contribution in [0, 0.1) is 0 Å². The van der Waals surface area contributed by atoms with E-state index in [9.17, 15) is 14.4 Å². The highest BCUT2D eigenvalue weighted by Crippen LogP contribution is 2.30. The van der Waals surface area contributed by atoms with Crippen molar-refractivity contribution in [2.75, 3.05) is 6.54 Å². The second kappa shape index (κ2) is 13.0. The highest BCUT2D eigenvalue weighted by molar-refractivity contribution is 5.95. The van der Waals surface area contributed by atoms with Crippen LogP contribution in [-0.4, -0.2) is 54.8 Å². The molecule has 210 valence electrons. The minimum atomic E-state index is -0.768. The number of H-pyrrole nitrogens is 1. The van der Waals surface area contributed by atoms with Crippen molar-refractivity contribution in [1.82, 2.24) is 35.2 Å². The first-order valence-electron chi connectivity index (χ1n) is 13.9. The number of nitrogens with zero attached hydrogens (tertiary/aromatic N) is 4. The third-order valence-electron chi connectivity index (χ3n) is 7.01. The minimum absolute atomic E-state index is 0.0515. The standard InChI is InChI=1S/C31H33N7O3/c1-21(39)11-4-2-7-16-26(35-30(41)28-36-31-33-18-10-20-38(31)37-28)29(40)32-19-17-24-23-14-8-9-15-25(23)34-27(24)22-12-5-3-6-13-22/h3,5-6,8-10,12-15,18,20,26,34H,2,4,7,11,16-17,19H2,1H3,(H,32,40)(H,35,41)/t26-/m0/s1. The molecular formula is C31H33N7O3. The lowest BCUT2D eigenvalue weighted by atomic mass is 10.0. The molecule has 0 fully saturated rings. The van der Waals surface area contributed by atoms with Gasteiger partial charge in [0.2, 0.25) is 11.7 Å². The van der Waals surface area contributed by atoms with Crippen molar-refractivity contribution in [2.24, 2.45) is 0 Å². The molecule has 0 aliphatic heterocycles. The Balaban J connectivity index is 1.27. The highest BCUT2D eigenvalue weighted by atomic mass is 16.2. The van der Waals surface area contributed by atoms with Crippen molar-refractivity contribution in [1.29, 1.82) is 0 Å². The van der Waals surface area contributed by atoms with E-state index < -0.39 is 11.9 Å². The van der Waals surface area contributed by atoms with Crippen molar-refractivity contribution < 1.29 is 14.4 Å². The summed E-state index contributed by atoms with van der Waals surface area (Å²) in [4.78, 5) is 49.5. The first-order valence-corrected chi connectivity index (χ1v) is 13.9. The number of aromatic amines is 1. The van der Waals surface area contributed by atoms with Crippen molar-refractivity contribution in [3.8, 4) is 11.3 Å². The van der Waals surface area contributed by atoms with E-state index in [4.69, 9.17) is 0 Å². The average Bonchev–Trinajstić information content (AvgIpc) is 3.59. The van der Waals surface area contributed by atoms with Crippen LogP contribution in [0.25, 0.3) is 27.9 Å². The predicted molar refractivity (Wildman–Crippen MR) is 156 cm³/mol. The van der Waals surface area contributed by atoms with E-state index in [1.807, 2.05) is 36.4 Å². The Labute approximate surface area is 237 Å². The summed E-state index contributed by atoms with van der Waals surface area (Å²) >= 11 is 0. The SMILES string of the molecule is CC(=O)CCCCC[C@H](NC(=O)c1nc2ncccn2n1)C(=O)NCCc1c(-c2ccccc2)[nH]c2ccccc12. The maximum absolute atomic E-state index is 13.4. The number of Topliss-reactive ketones (excluding diaryl/α,β-unsaturated/α-hetero) is 1. The van der Waals surface area contributed by atoms with Crippen LogP contribution in [0.5, 0.6) is 0 Å². The zero-order valence-corrected chi connectivity index (χ0v) is 23.0. The fraction of sp³-hybridized carbons (Fsp3) is 0.290. The van der Waals surface area contributed by atoms with Gasteiger partial charge in [-0.2, -0.15) is 4.98 Å². The van der Waals surface area contributed by atoms with E-state index in [1.54, 1.807) is 25.4 Å². The van der Waals surface area contributed by atoms with Gasteiger partial charge in [0, 0.05) is 42.0 Å². The monoisotopic (exact) mass is 551 g/mol. The largest absolute Gasteiger partial charge is 0.354 e. The number of para-hydroxylation sites is 1. The molecule has 0 bridgehead atoms. The van der Waals surface area contributed by atoms with Crippen molar-refractivity contribution >= 4 is 34.3 Å². The number of carbonyl (C=O) groups excluding carboxylic acids is 3. The lowest BCUT2D eigenvalue weighted by molar-refractivity contribution is -0.123. The van der Waals surface area contributed by atoms with Gasteiger partial charge in [-0.15, -0.1) is 5.10 Å². The Morgan fingerprint density at radius 1 is 0.976 bits per heavy atom. The summed E-state index contributed by atoms with van der Waals surface area (Å²) in [5, 5.41) is 11.1. The fourth-order valence-electron chi connectivity index (χ4n) is 4.96. The molecule has 1 atom stereocenters. The molecule has 0 saturated heterocycles. The first-order chi connectivity index (χ1) is 20.0. The lowest BCUT2D eigenvalue weighted by Gasteiger charge is -2.18. The Bertz CT molecular complexity index is 1630. The number of hydrogen-bond acceptors (Lipinski definition) is 6. The summed E-state index contributed by atoms with van der Waals surface area (Å²) in [6.07, 6.45) is 7.00. The summed E-state index contributed by atoms with van der Waals surface area (Å²) in [6.45, 7) is 1.97. The molecule has 3 N–H and O–H groups in total. The van der Waals surface area contributed by atoms with E-state index in [-0.39, 0.29) is 17.5 Å². The summed E-state index contributed by atoms with van der Waals surface area (Å²) in [6, 6.07) is 19.2. The number of ketones is 1. The quantitative estimate of drug-likeness (QED) is 0.187. The zero-order chi connectivity index (χ0) is 28.6. The van der Waals surface area contributed by atoms with Crippen molar-refractivity contribution in [3.05, 3.63) is 84.4 Å². The van der Waals surface area contributed by atoms with Gasteiger partial charge in [-0.1, -0.05) is 61.4 Å². The number of benzene rings is 2. The molecule has 5 rings (SSSR count). The molecule has 0 spiro atoms. The number of fused-ring (bicyclic) bond motifs is 2. The van der Waals surface area contributed by atoms with Gasteiger partial charge in [-0.05, 0) is 49.4 Å². The number of carbonyl (C=O) groups is 3. The smallest absolute Gasteiger partial charge is 0.291 e. The average molecular weight is 552 g/mol. The molecule has 0 aliphatic carbocycles. The second-order valence-electron chi connectivity index (χ2n) is 10.1. The van der Waals surface area contributed by atoms with Crippen LogP contribution in [0.3, 0.4) is 0 Å². The Morgan fingerprint density at radius 3 is 2.59 bits per heavy atom. The van der Waals surface area contributed by atoms with Gasteiger partial charge in [-0.3, -0.25) is 9.59 Å². The third-order valence-corrected chi connectivity index (χ3v) is 7.01. The molecule has 41 heavy (non-hydrogen) atoms. The van der Waals surface area contributed by atoms with Crippen LogP contribution in [0.15, 0.2) is 73.1 Å². The van der Waals surface area contributed by atoms with Gasteiger partial charge in [0.15, 0.2) is 0 Å². The topological polar surface area (TPSA) is 134 Å². The van der Waals surface area contributed by atoms with Crippen LogP contribution in [0.2, 0.25) is 0 Å². The summed E-state index contributed by atoms with van der Waals surface area (Å²) in [7, 11) is 0. The molecule has 3 aromatic heterocycles. The zero-order valence-electron chi connectivity index (χ0n) is 23.0. The number of unbranched alkanes of at least 4 members (excludes halogenated alkanes) is 2. The first kappa shape index (κ1) is 27.7. The predicted octanol–water partition coefficient (Wildman–Crippen LogP) is 4.27. The van der Waals surface area contributed by atoms with Crippen LogP contribution in [0.1, 0.15) is 55.2 Å². The van der Waals surface area contributed by atoms with Crippen LogP contribution in [0.4, 0.5) is 0 Å². The van der Waals surface area contributed by atoms with Gasteiger partial charge in [0.05, 0.1) is 0 Å². The maximum Gasteiger partial charge on any atom is 0.291 e. The number of aromatic nitrogens is 5. The van der Waals surface area contributed by atoms with Gasteiger partial charge < -0.3 is 20.4 Å². The van der Waals surface area contributed by atoms with Gasteiger partial charge >= 0.3 is 0 Å². The number of hydrogen-bond donors (Lipinski definition) is 3. The molecule has 2 aromatic carbocycles. The van der Waals surface area contributed by atoms with Crippen molar-refractivity contribution in [3.63, 3.8) is 0 Å². The molecule has 0 unspecified atom stereocenters. The van der Waals surface area contributed by atoms with Crippen LogP contribution in [-0.2, 0) is 16.0 Å². The van der Waals surface area contributed by atoms with Crippen molar-refractivity contribution in [2.45, 2.75) is 51.5 Å². The summed E-state index contributed by atoms with van der Waals surface area (Å²) < 4.78 is 1.41. The van der Waals surface area contributed by atoms with E-state index in [2.05, 4.69) is 48.9 Å². The normalized spacial score (nSPS) is 11.9. The lowest BCUT2D eigenvalue weighted by Crippen LogP contribution is -2.47. The minimum Gasteiger partial charge on any atom is -0.354 e. The molecule has 0 aliphatic rings. The van der Waals surface area contributed by atoms with Gasteiger partial charge in [0.25, 0.3) is 11.7 Å². The van der Waals surface area contributed by atoms with Gasteiger partial charge in [0.1, 0.15) is 11.8 Å². The molecule has 0 radical (unpaired) electrons. The molecular weight excluding hydrogens is 518 g/mol. The molecule has 3 heterocycles. The van der Waals surface area contributed by atoms with Crippen LogP contribution < -0.4 is 10.6 Å². The molecule has 2 amide bonds. The molecule has 10 heteroatoms.